The molecule has 1 aliphatic heterocycles. The van der Waals surface area contributed by atoms with Crippen molar-refractivity contribution in [2.75, 3.05) is 6.54 Å². The van der Waals surface area contributed by atoms with Gasteiger partial charge in [-0.05, 0) is 19.4 Å². The molecule has 0 amide bonds. The highest BCUT2D eigenvalue weighted by atomic mass is 32.1. The van der Waals surface area contributed by atoms with Crippen LogP contribution in [0.4, 0.5) is 0 Å². The summed E-state index contributed by atoms with van der Waals surface area (Å²) in [6.07, 6.45) is 2.69. The summed E-state index contributed by atoms with van der Waals surface area (Å²) in [6, 6.07) is 0.351. The maximum atomic E-state index is 11.0. The van der Waals surface area contributed by atoms with Gasteiger partial charge in [0.1, 0.15) is 5.01 Å². The van der Waals surface area contributed by atoms with Crippen LogP contribution in [0.1, 0.15) is 37.2 Å². The normalized spacial score (nSPS) is 20.5. The van der Waals surface area contributed by atoms with Crippen LogP contribution in [0, 0.1) is 0 Å². The van der Waals surface area contributed by atoms with Gasteiger partial charge < -0.3 is 10.1 Å². The first kappa shape index (κ1) is 10.6. The van der Waals surface area contributed by atoms with Gasteiger partial charge in [-0.25, -0.2) is 4.98 Å². The molecule has 0 aliphatic carbocycles. The van der Waals surface area contributed by atoms with E-state index in [1.165, 1.54) is 6.42 Å². The highest BCUT2D eigenvalue weighted by Crippen LogP contribution is 2.28. The van der Waals surface area contributed by atoms with E-state index in [-0.39, 0.29) is 5.97 Å². The number of hydrogen-bond acceptors (Lipinski definition) is 5. The highest BCUT2D eigenvalue weighted by Gasteiger charge is 2.20. The van der Waals surface area contributed by atoms with E-state index in [0.717, 1.165) is 18.0 Å². The van der Waals surface area contributed by atoms with Crippen molar-refractivity contribution in [3.05, 3.63) is 10.4 Å². The molecule has 2 heterocycles. The second kappa shape index (κ2) is 4.72. The molecule has 4 nitrogen and oxygen atoms in total. The lowest BCUT2D eigenvalue weighted by Gasteiger charge is -2.04. The van der Waals surface area contributed by atoms with Gasteiger partial charge in [-0.2, -0.15) is 0 Å². The third-order valence-electron chi connectivity index (χ3n) is 2.37. The van der Waals surface area contributed by atoms with Gasteiger partial charge >= 0.3 is 5.97 Å². The lowest BCUT2D eigenvalue weighted by Crippen LogP contribution is -2.12. The first-order valence-corrected chi connectivity index (χ1v) is 6.07. The monoisotopic (exact) mass is 226 g/mol. The number of nitrogens with zero attached hydrogens (tertiary/aromatic N) is 1. The van der Waals surface area contributed by atoms with Gasteiger partial charge in [0, 0.05) is 6.42 Å². The zero-order chi connectivity index (χ0) is 10.7. The molecule has 0 radical (unpaired) electrons. The zero-order valence-electron chi connectivity index (χ0n) is 8.66. The van der Waals surface area contributed by atoms with Crippen LogP contribution in [-0.4, -0.2) is 17.5 Å². The summed E-state index contributed by atoms with van der Waals surface area (Å²) in [5.74, 6) is 0.210. The molecule has 0 aromatic carbocycles. The zero-order valence-corrected chi connectivity index (χ0v) is 9.47. The Kier molecular flexibility index (Phi) is 3.33. The lowest BCUT2D eigenvalue weighted by atomic mass is 10.2. The fourth-order valence-corrected chi connectivity index (χ4v) is 2.39. The molecule has 1 saturated heterocycles. The van der Waals surface area contributed by atoms with Crippen LogP contribution in [0.5, 0.6) is 5.88 Å². The summed E-state index contributed by atoms with van der Waals surface area (Å²) in [7, 11) is 0. The molecule has 1 aliphatic rings. The number of carbonyl (C=O) groups excluding carboxylic acids is 1. The standard InChI is InChI=1S/C10H14N2O2S/c1-2-9(13)14-8-6-15-10(12-8)7-4-3-5-11-7/h6-7,11H,2-5H2,1H3/t7-/m1/s1. The van der Waals surface area contributed by atoms with Gasteiger partial charge in [-0.3, -0.25) is 4.79 Å². The molecule has 1 N–H and O–H groups in total. The Bertz CT molecular complexity index is 345. The van der Waals surface area contributed by atoms with Crippen LogP contribution >= 0.6 is 11.3 Å². The van der Waals surface area contributed by atoms with Gasteiger partial charge in [0.15, 0.2) is 0 Å². The number of esters is 1. The lowest BCUT2D eigenvalue weighted by molar-refractivity contribution is -0.134. The van der Waals surface area contributed by atoms with Crippen molar-refractivity contribution in [2.24, 2.45) is 0 Å². The molecule has 0 saturated carbocycles. The van der Waals surface area contributed by atoms with Crippen LogP contribution in [0.3, 0.4) is 0 Å². The minimum atomic E-state index is -0.230. The molecule has 1 aromatic heterocycles. The maximum Gasteiger partial charge on any atom is 0.312 e. The molecule has 0 spiro atoms. The van der Waals surface area contributed by atoms with E-state index in [2.05, 4.69) is 10.3 Å². The van der Waals surface area contributed by atoms with Crippen molar-refractivity contribution in [3.8, 4) is 5.88 Å². The molecular weight excluding hydrogens is 212 g/mol. The molecule has 0 unspecified atom stereocenters. The van der Waals surface area contributed by atoms with Crippen molar-refractivity contribution < 1.29 is 9.53 Å². The average Bonchev–Trinajstić information content (AvgIpc) is 2.85. The first-order chi connectivity index (χ1) is 7.29. The van der Waals surface area contributed by atoms with Crippen LogP contribution in [-0.2, 0) is 4.79 Å². The van der Waals surface area contributed by atoms with Crippen molar-refractivity contribution in [3.63, 3.8) is 0 Å². The average molecular weight is 226 g/mol. The SMILES string of the molecule is CCC(=O)Oc1csc([C@H]2CCCN2)n1. The van der Waals surface area contributed by atoms with E-state index in [1.807, 2.05) is 0 Å². The van der Waals surface area contributed by atoms with Crippen LogP contribution in [0.25, 0.3) is 0 Å². The summed E-state index contributed by atoms with van der Waals surface area (Å²) in [6.45, 7) is 2.82. The molecule has 1 fully saturated rings. The molecule has 0 bridgehead atoms. The number of ether oxygens (including phenoxy) is 1. The number of hydrogen-bond donors (Lipinski definition) is 1. The van der Waals surface area contributed by atoms with Crippen molar-refractivity contribution in [1.29, 1.82) is 0 Å². The Balaban J connectivity index is 2.00. The van der Waals surface area contributed by atoms with Gasteiger partial charge in [-0.1, -0.05) is 6.92 Å². The third-order valence-corrected chi connectivity index (χ3v) is 3.30. The number of rotatable bonds is 3. The van der Waals surface area contributed by atoms with E-state index in [9.17, 15) is 4.79 Å². The van der Waals surface area contributed by atoms with E-state index >= 15 is 0 Å². The topological polar surface area (TPSA) is 51.2 Å². The summed E-state index contributed by atoms with van der Waals surface area (Å²) in [5, 5.41) is 6.18. The second-order valence-electron chi connectivity index (χ2n) is 3.50. The minimum absolute atomic E-state index is 0.230. The molecule has 2 rings (SSSR count). The highest BCUT2D eigenvalue weighted by molar-refractivity contribution is 7.09. The number of carbonyl (C=O) groups is 1. The maximum absolute atomic E-state index is 11.0. The molecule has 1 aromatic rings. The number of thiazole rings is 1. The van der Waals surface area contributed by atoms with E-state index in [0.29, 0.717) is 18.3 Å². The smallest absolute Gasteiger partial charge is 0.312 e. The molecule has 1 atom stereocenters. The fourth-order valence-electron chi connectivity index (χ4n) is 1.56. The molecule has 82 valence electrons. The molecule has 5 heteroatoms. The Morgan fingerprint density at radius 2 is 2.67 bits per heavy atom. The third kappa shape index (κ3) is 2.54. The second-order valence-corrected chi connectivity index (χ2v) is 4.39. The van der Waals surface area contributed by atoms with E-state index in [4.69, 9.17) is 4.74 Å². The summed E-state index contributed by atoms with van der Waals surface area (Å²) in [5.41, 5.74) is 0. The van der Waals surface area contributed by atoms with E-state index < -0.39 is 0 Å². The van der Waals surface area contributed by atoms with Crippen LogP contribution in [0.2, 0.25) is 0 Å². The Labute approximate surface area is 92.7 Å². The van der Waals surface area contributed by atoms with Gasteiger partial charge in [-0.15, -0.1) is 11.3 Å². The Morgan fingerprint density at radius 1 is 1.80 bits per heavy atom. The largest absolute Gasteiger partial charge is 0.407 e. The van der Waals surface area contributed by atoms with Gasteiger partial charge in [0.25, 0.3) is 0 Å². The van der Waals surface area contributed by atoms with Crippen molar-refractivity contribution >= 4 is 17.3 Å². The van der Waals surface area contributed by atoms with Crippen LogP contribution < -0.4 is 10.1 Å². The summed E-state index contributed by atoms with van der Waals surface area (Å²) >= 11 is 1.55. The Hall–Kier alpha value is -0.940. The Morgan fingerprint density at radius 3 is 3.33 bits per heavy atom. The quantitative estimate of drug-likeness (QED) is 0.800. The van der Waals surface area contributed by atoms with E-state index in [1.54, 1.807) is 23.6 Å². The fraction of sp³-hybridized carbons (Fsp3) is 0.600. The molecular formula is C10H14N2O2S. The molecule has 15 heavy (non-hydrogen) atoms. The van der Waals surface area contributed by atoms with Gasteiger partial charge in [0.2, 0.25) is 5.88 Å². The van der Waals surface area contributed by atoms with Crippen molar-refractivity contribution in [2.45, 2.75) is 32.2 Å². The van der Waals surface area contributed by atoms with Crippen molar-refractivity contribution in [1.82, 2.24) is 10.3 Å². The first-order valence-electron chi connectivity index (χ1n) is 5.19. The minimum Gasteiger partial charge on any atom is -0.407 e. The summed E-state index contributed by atoms with van der Waals surface area (Å²) < 4.78 is 5.04. The number of aromatic nitrogens is 1. The summed E-state index contributed by atoms with van der Waals surface area (Å²) in [4.78, 5) is 15.3. The van der Waals surface area contributed by atoms with Crippen LogP contribution in [0.15, 0.2) is 5.38 Å². The predicted molar refractivity (Wildman–Crippen MR) is 58.0 cm³/mol. The van der Waals surface area contributed by atoms with Gasteiger partial charge in [0.05, 0.1) is 11.4 Å². The predicted octanol–water partition coefficient (Wildman–Crippen LogP) is 1.88. The number of nitrogens with one attached hydrogen (secondary N) is 1.